The highest BCUT2D eigenvalue weighted by molar-refractivity contribution is 6.00. The molecule has 0 bridgehead atoms. The Morgan fingerprint density at radius 2 is 1.67 bits per heavy atom. The molecule has 0 aliphatic carbocycles. The number of carbonyl (C=O) groups excluding carboxylic acids is 4. The molecule has 10 nitrogen and oxygen atoms in total. The van der Waals surface area contributed by atoms with Gasteiger partial charge in [0, 0.05) is 18.5 Å². The Morgan fingerprint density at radius 3 is 2.35 bits per heavy atom. The first-order chi connectivity index (χ1) is 22.1. The van der Waals surface area contributed by atoms with Gasteiger partial charge in [-0.2, -0.15) is 0 Å². The molecule has 4 heterocycles. The molecule has 0 aromatic heterocycles. The molecule has 0 saturated carbocycles. The number of carbonyl (C=O) groups is 4. The molecular formula is C36H41N3O7. The van der Waals surface area contributed by atoms with Crippen molar-refractivity contribution in [1.29, 1.82) is 0 Å². The van der Waals surface area contributed by atoms with Crippen LogP contribution in [0.4, 0.5) is 0 Å². The highest BCUT2D eigenvalue weighted by Gasteiger charge is 2.72. The minimum Gasteiger partial charge on any atom is -0.463 e. The zero-order valence-electron chi connectivity index (χ0n) is 26.4. The quantitative estimate of drug-likeness (QED) is 0.394. The summed E-state index contributed by atoms with van der Waals surface area (Å²) in [7, 11) is 0. The molecule has 242 valence electrons. The van der Waals surface area contributed by atoms with E-state index in [9.17, 15) is 24.3 Å². The van der Waals surface area contributed by atoms with Gasteiger partial charge in [-0.25, -0.2) is 0 Å². The number of nitrogens with one attached hydrogen (secondary N) is 1. The Kier molecular flexibility index (Phi) is 8.60. The van der Waals surface area contributed by atoms with Gasteiger partial charge in [0.15, 0.2) is 0 Å². The summed E-state index contributed by atoms with van der Waals surface area (Å²) in [6.07, 6.45) is 6.77. The van der Waals surface area contributed by atoms with Crippen molar-refractivity contribution in [2.24, 2.45) is 11.8 Å². The second-order valence-corrected chi connectivity index (χ2v) is 13.3. The van der Waals surface area contributed by atoms with Crippen LogP contribution in [-0.2, 0) is 28.7 Å². The predicted molar refractivity (Wildman–Crippen MR) is 169 cm³/mol. The van der Waals surface area contributed by atoms with Gasteiger partial charge in [0.25, 0.3) is 0 Å². The van der Waals surface area contributed by atoms with Crippen molar-refractivity contribution in [3.63, 3.8) is 0 Å². The number of aliphatic hydroxyl groups excluding tert-OH is 1. The third-order valence-electron chi connectivity index (χ3n) is 9.51. The second kappa shape index (κ2) is 12.5. The van der Waals surface area contributed by atoms with Gasteiger partial charge in [-0.1, -0.05) is 85.0 Å². The summed E-state index contributed by atoms with van der Waals surface area (Å²) in [5.41, 5.74) is -0.654. The van der Waals surface area contributed by atoms with E-state index in [0.29, 0.717) is 18.5 Å². The van der Waals surface area contributed by atoms with Gasteiger partial charge in [0.05, 0.1) is 36.6 Å². The van der Waals surface area contributed by atoms with E-state index in [4.69, 9.17) is 9.47 Å². The molecule has 6 rings (SSSR count). The Labute approximate surface area is 269 Å². The molecule has 2 aromatic carbocycles. The van der Waals surface area contributed by atoms with Crippen molar-refractivity contribution < 1.29 is 33.8 Å². The van der Waals surface area contributed by atoms with E-state index in [2.05, 4.69) is 5.32 Å². The predicted octanol–water partition coefficient (Wildman–Crippen LogP) is 3.25. The Morgan fingerprint density at radius 1 is 0.978 bits per heavy atom. The lowest BCUT2D eigenvalue weighted by molar-refractivity contribution is -0.154. The number of hydrogen-bond acceptors (Lipinski definition) is 7. The number of allylic oxidation sites excluding steroid dienone is 1. The third-order valence-corrected chi connectivity index (χ3v) is 9.51. The maximum absolute atomic E-state index is 14.9. The molecule has 3 amide bonds. The average molecular weight is 628 g/mol. The number of likely N-dealkylation sites (tertiary alicyclic amines) is 1. The number of ether oxygens (including phenoxy) is 2. The van der Waals surface area contributed by atoms with Crippen molar-refractivity contribution in [3.05, 3.63) is 96.1 Å². The first-order valence-electron chi connectivity index (χ1n) is 15.9. The number of amides is 3. The van der Waals surface area contributed by atoms with Crippen LogP contribution in [0.3, 0.4) is 0 Å². The minimum atomic E-state index is -1.48. The standard InChI is InChI=1S/C36H41N3O7/c1-35(2,3)38-20-12-19-36-30(33(43)39(31(36)34(38)44)26(21-40)24-15-8-5-9-16-24)29-27(46-36)17-10-11-18-28(41)45-22-25(37-32(29)42)23-13-6-4-7-14-23/h4-10,12-17,19,25-27,29-31,40H,11,18,20-22H2,1-3H3,(H,37,42)/b17-10-/t25-,26+,27+,29-,30-,31+,36-/m0/s1. The number of rotatable bonds is 4. The number of cyclic esters (lactones) is 1. The number of nitrogens with zero attached hydrogens (tertiary/aromatic N) is 2. The Hall–Kier alpha value is -4.28. The molecule has 10 heteroatoms. The zero-order valence-corrected chi connectivity index (χ0v) is 26.4. The van der Waals surface area contributed by atoms with Crippen molar-refractivity contribution in [2.45, 2.75) is 69.0 Å². The lowest BCUT2D eigenvalue weighted by Crippen LogP contribution is -2.59. The van der Waals surface area contributed by atoms with Gasteiger partial charge in [-0.05, 0) is 38.3 Å². The van der Waals surface area contributed by atoms with Gasteiger partial charge in [-0.3, -0.25) is 19.2 Å². The number of aliphatic hydroxyl groups is 1. The maximum Gasteiger partial charge on any atom is 0.306 e. The molecule has 1 spiro atoms. The summed E-state index contributed by atoms with van der Waals surface area (Å²) in [5, 5.41) is 13.8. The van der Waals surface area contributed by atoms with Gasteiger partial charge < -0.3 is 29.7 Å². The van der Waals surface area contributed by atoms with Crippen LogP contribution >= 0.6 is 0 Å². The van der Waals surface area contributed by atoms with E-state index >= 15 is 0 Å². The van der Waals surface area contributed by atoms with Gasteiger partial charge in [0.1, 0.15) is 18.2 Å². The number of fused-ring (bicyclic) bond motifs is 2. The van der Waals surface area contributed by atoms with Crippen molar-refractivity contribution >= 4 is 23.7 Å². The largest absolute Gasteiger partial charge is 0.463 e. The summed E-state index contributed by atoms with van der Waals surface area (Å²) in [6.45, 7) is 5.59. The van der Waals surface area contributed by atoms with Crippen molar-refractivity contribution in [2.75, 3.05) is 19.8 Å². The molecule has 2 aromatic rings. The lowest BCUT2D eigenvalue weighted by atomic mass is 9.77. The van der Waals surface area contributed by atoms with E-state index in [1.165, 1.54) is 4.90 Å². The fraction of sp³-hybridized carbons (Fsp3) is 0.444. The summed E-state index contributed by atoms with van der Waals surface area (Å²) >= 11 is 0. The fourth-order valence-electron chi connectivity index (χ4n) is 7.35. The monoisotopic (exact) mass is 627 g/mol. The van der Waals surface area contributed by atoms with Crippen molar-refractivity contribution in [3.8, 4) is 0 Å². The molecule has 0 unspecified atom stereocenters. The topological polar surface area (TPSA) is 125 Å². The number of hydrogen-bond donors (Lipinski definition) is 2. The second-order valence-electron chi connectivity index (χ2n) is 13.3. The van der Waals surface area contributed by atoms with E-state index in [1.807, 2.05) is 87.5 Å². The summed E-state index contributed by atoms with van der Waals surface area (Å²) in [5.74, 6) is -3.66. The first kappa shape index (κ1) is 31.7. The summed E-state index contributed by atoms with van der Waals surface area (Å²) < 4.78 is 12.4. The summed E-state index contributed by atoms with van der Waals surface area (Å²) in [6, 6.07) is 15.7. The first-order valence-corrected chi connectivity index (χ1v) is 15.9. The average Bonchev–Trinajstić information content (AvgIpc) is 3.42. The van der Waals surface area contributed by atoms with E-state index in [-0.39, 0.29) is 24.9 Å². The van der Waals surface area contributed by atoms with Crippen LogP contribution in [0.1, 0.15) is 56.8 Å². The number of benzene rings is 2. The Balaban J connectivity index is 1.48. The van der Waals surface area contributed by atoms with Crippen molar-refractivity contribution in [1.82, 2.24) is 15.1 Å². The lowest BCUT2D eigenvalue weighted by Gasteiger charge is -2.42. The molecule has 2 N–H and O–H groups in total. The van der Waals surface area contributed by atoms with E-state index in [0.717, 1.165) is 5.56 Å². The smallest absolute Gasteiger partial charge is 0.306 e. The van der Waals surface area contributed by atoms with Crippen LogP contribution < -0.4 is 5.32 Å². The minimum absolute atomic E-state index is 0.0748. The van der Waals surface area contributed by atoms with Gasteiger partial charge in [-0.15, -0.1) is 0 Å². The zero-order chi connectivity index (χ0) is 32.6. The SMILES string of the molecule is CC(C)(C)N1CC=C[C@]23O[C@@H]4/C=C\CCC(=O)OC[C@@H](c5ccccc5)NC(=O)[C@@H]4[C@H]2C(=O)N([C@H](CO)c2ccccc2)[C@@H]3C1=O. The maximum atomic E-state index is 14.9. The molecule has 0 radical (unpaired) electrons. The van der Waals surface area contributed by atoms with E-state index in [1.54, 1.807) is 23.1 Å². The molecule has 7 atom stereocenters. The normalized spacial score (nSPS) is 31.4. The third kappa shape index (κ3) is 5.54. The highest BCUT2D eigenvalue weighted by atomic mass is 16.5. The van der Waals surface area contributed by atoms with Gasteiger partial charge >= 0.3 is 5.97 Å². The van der Waals surface area contributed by atoms with Crippen LogP contribution in [0.15, 0.2) is 85.0 Å². The van der Waals surface area contributed by atoms with Crippen LogP contribution in [0.5, 0.6) is 0 Å². The van der Waals surface area contributed by atoms with Crippen LogP contribution in [0.2, 0.25) is 0 Å². The Bertz CT molecular complexity index is 1540. The van der Waals surface area contributed by atoms with Crippen LogP contribution in [0.25, 0.3) is 0 Å². The molecule has 2 saturated heterocycles. The van der Waals surface area contributed by atoms with Gasteiger partial charge in [0.2, 0.25) is 17.7 Å². The summed E-state index contributed by atoms with van der Waals surface area (Å²) in [4.78, 5) is 59.6. The molecule has 2 fully saturated rings. The van der Waals surface area contributed by atoms with Crippen LogP contribution in [-0.4, -0.2) is 81.6 Å². The number of esters is 1. The van der Waals surface area contributed by atoms with E-state index < -0.39 is 65.6 Å². The fourth-order valence-corrected chi connectivity index (χ4v) is 7.35. The highest BCUT2D eigenvalue weighted by Crippen LogP contribution is 2.55. The molecule has 4 aliphatic heterocycles. The molecular weight excluding hydrogens is 586 g/mol. The molecule has 4 aliphatic rings. The molecule has 46 heavy (non-hydrogen) atoms. The van der Waals surface area contributed by atoms with Crippen LogP contribution in [0, 0.1) is 11.8 Å².